The van der Waals surface area contributed by atoms with Crippen molar-refractivity contribution in [3.8, 4) is 11.3 Å². The van der Waals surface area contributed by atoms with E-state index >= 15 is 0 Å². The molecule has 0 aromatic carbocycles. The van der Waals surface area contributed by atoms with Gasteiger partial charge in [0.05, 0.1) is 17.3 Å². The fraction of sp³-hybridized carbons (Fsp3) is 0.538. The standard InChI is InChI=1S/C26H37ClN6O2/c1-2-20(34)15-29-18-6-8-19(9-7-18)32-25-14-21(22(27)16-30-25)23-4-3-5-24(33-23)31-17-26(28)10-12-35-13-11-26/h2-5,14,16,18-19,29,34H,6-13,15,17,28H2,1H3,(H,30,32)(H,31,33)/b20-2-. The van der Waals surface area contributed by atoms with Gasteiger partial charge < -0.3 is 31.5 Å². The van der Waals surface area contributed by atoms with Gasteiger partial charge in [-0.2, -0.15) is 0 Å². The van der Waals surface area contributed by atoms with Gasteiger partial charge in [0.2, 0.25) is 0 Å². The largest absolute Gasteiger partial charge is 0.511 e. The first-order chi connectivity index (χ1) is 16.9. The molecule has 1 saturated heterocycles. The monoisotopic (exact) mass is 500 g/mol. The number of ether oxygens (including phenoxy) is 1. The lowest BCUT2D eigenvalue weighted by atomic mass is 9.91. The summed E-state index contributed by atoms with van der Waals surface area (Å²) in [7, 11) is 0. The molecule has 2 aliphatic rings. The third-order valence-corrected chi connectivity index (χ3v) is 7.28. The lowest BCUT2D eigenvalue weighted by molar-refractivity contribution is 0.0574. The van der Waals surface area contributed by atoms with Gasteiger partial charge in [0.1, 0.15) is 17.4 Å². The molecule has 35 heavy (non-hydrogen) atoms. The van der Waals surface area contributed by atoms with E-state index in [2.05, 4.69) is 20.9 Å². The average molecular weight is 501 g/mol. The third-order valence-electron chi connectivity index (χ3n) is 6.97. The molecule has 9 heteroatoms. The van der Waals surface area contributed by atoms with E-state index in [0.29, 0.717) is 49.2 Å². The number of hydrogen-bond acceptors (Lipinski definition) is 8. The summed E-state index contributed by atoms with van der Waals surface area (Å²) in [6, 6.07) is 8.64. The van der Waals surface area contributed by atoms with Crippen LogP contribution in [0.15, 0.2) is 42.3 Å². The van der Waals surface area contributed by atoms with Crippen LogP contribution in [0.4, 0.5) is 11.6 Å². The number of aliphatic hydroxyl groups is 1. The van der Waals surface area contributed by atoms with Crippen LogP contribution >= 0.6 is 11.6 Å². The number of aromatic nitrogens is 2. The molecule has 0 atom stereocenters. The van der Waals surface area contributed by atoms with E-state index in [1.54, 1.807) is 12.3 Å². The summed E-state index contributed by atoms with van der Waals surface area (Å²) in [4.78, 5) is 9.29. The zero-order chi connectivity index (χ0) is 24.7. The molecule has 3 heterocycles. The predicted molar refractivity (Wildman–Crippen MR) is 142 cm³/mol. The zero-order valence-electron chi connectivity index (χ0n) is 20.4. The predicted octanol–water partition coefficient (Wildman–Crippen LogP) is 4.49. The van der Waals surface area contributed by atoms with E-state index in [0.717, 1.165) is 61.4 Å². The molecule has 1 aliphatic heterocycles. The maximum Gasteiger partial charge on any atom is 0.126 e. The minimum atomic E-state index is -0.275. The second-order valence-corrected chi connectivity index (χ2v) is 10.0. The maximum atomic E-state index is 9.64. The van der Waals surface area contributed by atoms with Crippen LogP contribution in [0.5, 0.6) is 0 Å². The summed E-state index contributed by atoms with van der Waals surface area (Å²) in [5.41, 5.74) is 7.87. The molecule has 0 radical (unpaired) electrons. The first kappa shape index (κ1) is 25.7. The van der Waals surface area contributed by atoms with Crippen LogP contribution in [0.2, 0.25) is 5.02 Å². The molecule has 2 aromatic rings. The van der Waals surface area contributed by atoms with E-state index in [1.807, 2.05) is 31.2 Å². The summed E-state index contributed by atoms with van der Waals surface area (Å²) < 4.78 is 5.44. The molecule has 4 rings (SSSR count). The van der Waals surface area contributed by atoms with Crippen molar-refractivity contribution in [1.29, 1.82) is 0 Å². The molecule has 2 fully saturated rings. The van der Waals surface area contributed by atoms with Crippen LogP contribution < -0.4 is 21.7 Å². The van der Waals surface area contributed by atoms with E-state index in [1.165, 1.54) is 0 Å². The number of allylic oxidation sites excluding steroid dienone is 1. The Labute approximate surface area is 212 Å². The average Bonchev–Trinajstić information content (AvgIpc) is 2.88. The zero-order valence-corrected chi connectivity index (χ0v) is 21.2. The van der Waals surface area contributed by atoms with Gasteiger partial charge in [-0.25, -0.2) is 9.97 Å². The minimum absolute atomic E-state index is 0.275. The van der Waals surface area contributed by atoms with Gasteiger partial charge in [-0.3, -0.25) is 0 Å². The summed E-state index contributed by atoms with van der Waals surface area (Å²) >= 11 is 6.52. The van der Waals surface area contributed by atoms with Gasteiger partial charge >= 0.3 is 0 Å². The number of aliphatic hydroxyl groups excluding tert-OH is 1. The number of nitrogens with two attached hydrogens (primary N) is 1. The van der Waals surface area contributed by atoms with Crippen LogP contribution in [-0.4, -0.2) is 59.0 Å². The van der Waals surface area contributed by atoms with Crippen molar-refractivity contribution in [2.45, 2.75) is 63.1 Å². The molecule has 6 N–H and O–H groups in total. The normalized spacial score (nSPS) is 22.5. The lowest BCUT2D eigenvalue weighted by Crippen LogP contribution is -2.50. The number of anilines is 2. The highest BCUT2D eigenvalue weighted by atomic mass is 35.5. The van der Waals surface area contributed by atoms with Gasteiger partial charge in [-0.1, -0.05) is 17.7 Å². The molecular weight excluding hydrogens is 464 g/mol. The third kappa shape index (κ3) is 7.30. The van der Waals surface area contributed by atoms with Gasteiger partial charge in [0, 0.05) is 49.1 Å². The smallest absolute Gasteiger partial charge is 0.126 e. The highest BCUT2D eigenvalue weighted by Gasteiger charge is 2.28. The van der Waals surface area contributed by atoms with Crippen LogP contribution in [0.25, 0.3) is 11.3 Å². The van der Waals surface area contributed by atoms with E-state index in [-0.39, 0.29) is 5.54 Å². The van der Waals surface area contributed by atoms with Crippen molar-refractivity contribution in [1.82, 2.24) is 15.3 Å². The first-order valence-electron chi connectivity index (χ1n) is 12.5. The van der Waals surface area contributed by atoms with Gasteiger partial charge in [-0.15, -0.1) is 0 Å². The molecule has 0 spiro atoms. The van der Waals surface area contributed by atoms with Crippen LogP contribution in [-0.2, 0) is 4.74 Å². The van der Waals surface area contributed by atoms with Crippen molar-refractivity contribution in [2.24, 2.45) is 5.73 Å². The number of pyridine rings is 2. The second kappa shape index (κ2) is 12.0. The molecule has 1 saturated carbocycles. The fourth-order valence-electron chi connectivity index (χ4n) is 4.62. The minimum Gasteiger partial charge on any atom is -0.511 e. The van der Waals surface area contributed by atoms with Crippen LogP contribution in [0.3, 0.4) is 0 Å². The maximum absolute atomic E-state index is 9.64. The van der Waals surface area contributed by atoms with E-state index in [4.69, 9.17) is 27.1 Å². The number of halogens is 1. The highest BCUT2D eigenvalue weighted by Crippen LogP contribution is 2.30. The van der Waals surface area contributed by atoms with Gasteiger partial charge in [0.15, 0.2) is 0 Å². The van der Waals surface area contributed by atoms with E-state index < -0.39 is 0 Å². The Kier molecular flexibility index (Phi) is 8.83. The summed E-state index contributed by atoms with van der Waals surface area (Å²) in [5, 5.41) is 20.6. The fourth-order valence-corrected chi connectivity index (χ4v) is 4.82. The van der Waals surface area contributed by atoms with Crippen molar-refractivity contribution < 1.29 is 9.84 Å². The Morgan fingerprint density at radius 3 is 2.69 bits per heavy atom. The molecule has 190 valence electrons. The summed E-state index contributed by atoms with van der Waals surface area (Å²) in [6.07, 6.45) is 9.27. The summed E-state index contributed by atoms with van der Waals surface area (Å²) in [6.45, 7) is 4.42. The molecule has 0 bridgehead atoms. The Bertz CT molecular complexity index is 1000. The van der Waals surface area contributed by atoms with Gasteiger partial charge in [-0.05, 0) is 69.7 Å². The Morgan fingerprint density at radius 2 is 1.94 bits per heavy atom. The molecule has 2 aromatic heterocycles. The number of nitrogens with one attached hydrogen (secondary N) is 3. The quantitative estimate of drug-likeness (QED) is 0.320. The Hall–Kier alpha value is -2.39. The molecule has 0 unspecified atom stereocenters. The van der Waals surface area contributed by atoms with Crippen LogP contribution in [0, 0.1) is 0 Å². The molecule has 1 aliphatic carbocycles. The van der Waals surface area contributed by atoms with Gasteiger partial charge in [0.25, 0.3) is 0 Å². The van der Waals surface area contributed by atoms with Crippen molar-refractivity contribution in [3.05, 3.63) is 47.3 Å². The SMILES string of the molecule is C/C=C(\O)CNC1CCC(Nc2cc(-c3cccc(NCC4(N)CCOCC4)n3)c(Cl)cn2)CC1. The van der Waals surface area contributed by atoms with Crippen LogP contribution in [0.1, 0.15) is 45.4 Å². The van der Waals surface area contributed by atoms with E-state index in [9.17, 15) is 5.11 Å². The topological polar surface area (TPSA) is 117 Å². The van der Waals surface area contributed by atoms with Crippen molar-refractivity contribution in [2.75, 3.05) is 36.9 Å². The van der Waals surface area contributed by atoms with Crippen molar-refractivity contribution >= 4 is 23.2 Å². The Morgan fingerprint density at radius 1 is 1.20 bits per heavy atom. The van der Waals surface area contributed by atoms with Crippen molar-refractivity contribution in [3.63, 3.8) is 0 Å². The number of hydrogen-bond donors (Lipinski definition) is 5. The Balaban J connectivity index is 1.36. The highest BCUT2D eigenvalue weighted by molar-refractivity contribution is 6.33. The lowest BCUT2D eigenvalue weighted by Gasteiger charge is -2.33. The number of rotatable bonds is 9. The second-order valence-electron chi connectivity index (χ2n) is 9.64. The molecule has 8 nitrogen and oxygen atoms in total. The number of nitrogens with zero attached hydrogens (tertiary/aromatic N) is 2. The summed E-state index contributed by atoms with van der Waals surface area (Å²) in [5.74, 6) is 1.97. The first-order valence-corrected chi connectivity index (χ1v) is 12.9. The molecular formula is C26H37ClN6O2. The molecule has 0 amide bonds.